The number of rotatable bonds is 3. The van der Waals surface area contributed by atoms with E-state index >= 15 is 0 Å². The van der Waals surface area contributed by atoms with Gasteiger partial charge in [0.05, 0.1) is 0 Å². The molecule has 1 heterocycles. The monoisotopic (exact) mass is 182 g/mol. The van der Waals surface area contributed by atoms with E-state index in [-0.39, 0.29) is 0 Å². The first-order valence-electron chi connectivity index (χ1n) is 3.34. The Labute approximate surface area is 65.2 Å². The van der Waals surface area contributed by atoms with Crippen molar-refractivity contribution in [2.45, 2.75) is 5.25 Å². The molecule has 1 saturated heterocycles. The van der Waals surface area contributed by atoms with E-state index in [1.165, 1.54) is 0 Å². The van der Waals surface area contributed by atoms with E-state index in [9.17, 15) is 12.8 Å². The third kappa shape index (κ3) is 2.11. The number of primary sulfonamides is 1. The van der Waals surface area contributed by atoms with Crippen LogP contribution >= 0.6 is 0 Å². The standard InChI is InChI=1S/C5H11FN2O2S/c6-1-2-8-3-5(4-8)11(7,9)10/h5H,1-4H2,(H2,7,9,10). The number of hydrogen-bond acceptors (Lipinski definition) is 3. The number of nitrogens with two attached hydrogens (primary N) is 1. The maximum Gasteiger partial charge on any atom is 0.214 e. The second-order valence-electron chi connectivity index (χ2n) is 2.66. The fourth-order valence-electron chi connectivity index (χ4n) is 1.03. The van der Waals surface area contributed by atoms with Gasteiger partial charge in [-0.3, -0.25) is 4.90 Å². The van der Waals surface area contributed by atoms with Crippen molar-refractivity contribution in [2.75, 3.05) is 26.3 Å². The molecule has 1 fully saturated rings. The second-order valence-corrected chi connectivity index (χ2v) is 4.50. The minimum atomic E-state index is -3.38. The summed E-state index contributed by atoms with van der Waals surface area (Å²) in [7, 11) is -3.38. The van der Waals surface area contributed by atoms with Crippen LogP contribution in [0.5, 0.6) is 0 Å². The Kier molecular flexibility index (Phi) is 2.46. The summed E-state index contributed by atoms with van der Waals surface area (Å²) in [6.07, 6.45) is 0. The topological polar surface area (TPSA) is 63.4 Å². The Bertz CT molecular complexity index is 223. The average Bonchev–Trinajstić information content (AvgIpc) is 1.74. The minimum Gasteiger partial charge on any atom is -0.298 e. The first-order valence-corrected chi connectivity index (χ1v) is 4.95. The molecule has 2 N–H and O–H groups in total. The van der Waals surface area contributed by atoms with Crippen molar-refractivity contribution in [2.24, 2.45) is 5.14 Å². The fraction of sp³-hybridized carbons (Fsp3) is 1.00. The van der Waals surface area contributed by atoms with Crippen LogP contribution < -0.4 is 5.14 Å². The zero-order chi connectivity index (χ0) is 8.48. The van der Waals surface area contributed by atoms with E-state index in [1.54, 1.807) is 4.90 Å². The number of alkyl halides is 1. The highest BCUT2D eigenvalue weighted by Gasteiger charge is 2.34. The molecule has 0 atom stereocenters. The summed E-state index contributed by atoms with van der Waals surface area (Å²) in [5, 5.41) is 4.37. The zero-order valence-corrected chi connectivity index (χ0v) is 6.85. The molecule has 6 heteroatoms. The molecule has 0 radical (unpaired) electrons. The molecule has 0 spiro atoms. The molecule has 0 aliphatic carbocycles. The van der Waals surface area contributed by atoms with Gasteiger partial charge in [-0.2, -0.15) is 0 Å². The second kappa shape index (κ2) is 3.04. The Balaban J connectivity index is 2.30. The number of nitrogens with zero attached hydrogens (tertiary/aromatic N) is 1. The lowest BCUT2D eigenvalue weighted by Crippen LogP contribution is -2.56. The summed E-state index contributed by atoms with van der Waals surface area (Å²) in [5.41, 5.74) is 0. The van der Waals surface area contributed by atoms with Crippen molar-refractivity contribution >= 4 is 10.0 Å². The van der Waals surface area contributed by atoms with Crippen molar-refractivity contribution in [3.05, 3.63) is 0 Å². The molecule has 4 nitrogen and oxygen atoms in total. The smallest absolute Gasteiger partial charge is 0.214 e. The number of sulfonamides is 1. The Morgan fingerprint density at radius 1 is 1.55 bits per heavy atom. The normalized spacial score (nSPS) is 21.6. The molecule has 1 aliphatic heterocycles. The van der Waals surface area contributed by atoms with E-state index < -0.39 is 21.9 Å². The predicted octanol–water partition coefficient (Wildman–Crippen LogP) is -1.07. The molecule has 0 aromatic carbocycles. The van der Waals surface area contributed by atoms with Crippen molar-refractivity contribution < 1.29 is 12.8 Å². The number of hydrogen-bond donors (Lipinski definition) is 1. The van der Waals surface area contributed by atoms with Crippen molar-refractivity contribution in [1.29, 1.82) is 0 Å². The van der Waals surface area contributed by atoms with E-state index in [1.807, 2.05) is 0 Å². The van der Waals surface area contributed by atoms with Crippen LogP contribution in [0.1, 0.15) is 0 Å². The summed E-state index contributed by atoms with van der Waals surface area (Å²) < 4.78 is 32.9. The lowest BCUT2D eigenvalue weighted by molar-refractivity contribution is 0.170. The fourth-order valence-corrected chi connectivity index (χ4v) is 1.87. The maximum atomic E-state index is 11.7. The SMILES string of the molecule is NS(=O)(=O)C1CN(CCF)C1. The predicted molar refractivity (Wildman–Crippen MR) is 39.3 cm³/mol. The number of likely N-dealkylation sites (tertiary alicyclic amines) is 1. The molecular formula is C5H11FN2O2S. The summed E-state index contributed by atoms with van der Waals surface area (Å²) in [6.45, 7) is 0.634. The molecular weight excluding hydrogens is 171 g/mol. The molecule has 0 amide bonds. The lowest BCUT2D eigenvalue weighted by atomic mass is 10.2. The van der Waals surface area contributed by atoms with Crippen LogP contribution in [-0.2, 0) is 10.0 Å². The van der Waals surface area contributed by atoms with Gasteiger partial charge in [0.15, 0.2) is 0 Å². The lowest BCUT2D eigenvalue weighted by Gasteiger charge is -2.36. The van der Waals surface area contributed by atoms with Crippen molar-refractivity contribution in [3.8, 4) is 0 Å². The number of halogens is 1. The zero-order valence-electron chi connectivity index (χ0n) is 6.03. The summed E-state index contributed by atoms with van der Waals surface area (Å²) >= 11 is 0. The molecule has 0 unspecified atom stereocenters. The summed E-state index contributed by atoms with van der Waals surface area (Å²) in [6, 6.07) is 0. The van der Waals surface area contributed by atoms with Gasteiger partial charge < -0.3 is 0 Å². The van der Waals surface area contributed by atoms with E-state index in [4.69, 9.17) is 5.14 Å². The minimum absolute atomic E-state index is 0.312. The van der Waals surface area contributed by atoms with Crippen LogP contribution in [0.4, 0.5) is 4.39 Å². The summed E-state index contributed by atoms with van der Waals surface area (Å²) in [4.78, 5) is 1.72. The molecule has 0 aromatic heterocycles. The first kappa shape index (κ1) is 8.89. The van der Waals surface area contributed by atoms with Crippen LogP contribution in [0.2, 0.25) is 0 Å². The molecule has 0 bridgehead atoms. The quantitative estimate of drug-likeness (QED) is 0.604. The van der Waals surface area contributed by atoms with Crippen LogP contribution in [0.3, 0.4) is 0 Å². The third-order valence-electron chi connectivity index (χ3n) is 1.79. The van der Waals surface area contributed by atoms with E-state index in [0.717, 1.165) is 0 Å². The van der Waals surface area contributed by atoms with Crippen LogP contribution in [0, 0.1) is 0 Å². The van der Waals surface area contributed by atoms with Gasteiger partial charge in [0.2, 0.25) is 10.0 Å². The summed E-state index contributed by atoms with van der Waals surface area (Å²) in [5.74, 6) is 0. The van der Waals surface area contributed by atoms with Gasteiger partial charge in [0.25, 0.3) is 0 Å². The highest BCUT2D eigenvalue weighted by atomic mass is 32.2. The van der Waals surface area contributed by atoms with Crippen molar-refractivity contribution in [3.63, 3.8) is 0 Å². The maximum absolute atomic E-state index is 11.7. The van der Waals surface area contributed by atoms with Gasteiger partial charge in [-0.1, -0.05) is 0 Å². The van der Waals surface area contributed by atoms with E-state index in [2.05, 4.69) is 0 Å². The third-order valence-corrected chi connectivity index (χ3v) is 3.02. The molecule has 0 aromatic rings. The van der Waals surface area contributed by atoms with Crippen LogP contribution in [-0.4, -0.2) is 44.9 Å². The van der Waals surface area contributed by atoms with E-state index in [0.29, 0.717) is 19.6 Å². The van der Waals surface area contributed by atoms with Gasteiger partial charge in [-0.25, -0.2) is 17.9 Å². The Morgan fingerprint density at radius 3 is 2.45 bits per heavy atom. The largest absolute Gasteiger partial charge is 0.298 e. The molecule has 0 saturated carbocycles. The van der Waals surface area contributed by atoms with Crippen molar-refractivity contribution in [1.82, 2.24) is 4.90 Å². The van der Waals surface area contributed by atoms with Crippen LogP contribution in [0.15, 0.2) is 0 Å². The van der Waals surface area contributed by atoms with Gasteiger partial charge in [0, 0.05) is 19.6 Å². The van der Waals surface area contributed by atoms with Gasteiger partial charge >= 0.3 is 0 Å². The molecule has 1 rings (SSSR count). The van der Waals surface area contributed by atoms with Gasteiger partial charge in [-0.15, -0.1) is 0 Å². The first-order chi connectivity index (χ1) is 5.04. The molecule has 1 aliphatic rings. The highest BCUT2D eigenvalue weighted by molar-refractivity contribution is 7.89. The van der Waals surface area contributed by atoms with Crippen LogP contribution in [0.25, 0.3) is 0 Å². The van der Waals surface area contributed by atoms with Gasteiger partial charge in [-0.05, 0) is 0 Å². The highest BCUT2D eigenvalue weighted by Crippen LogP contribution is 2.12. The Hall–Kier alpha value is -0.200. The van der Waals surface area contributed by atoms with Gasteiger partial charge in [0.1, 0.15) is 11.9 Å². The Morgan fingerprint density at radius 2 is 2.09 bits per heavy atom. The molecule has 66 valence electrons. The average molecular weight is 182 g/mol. The molecule has 11 heavy (non-hydrogen) atoms.